The second kappa shape index (κ2) is 8.89. The lowest BCUT2D eigenvalue weighted by Crippen LogP contribution is -2.30. The third-order valence-electron chi connectivity index (χ3n) is 3.77. The van der Waals surface area contributed by atoms with Crippen LogP contribution in [-0.4, -0.2) is 23.8 Å². The number of halogens is 1. The lowest BCUT2D eigenvalue weighted by molar-refractivity contribution is -0.153. The fraction of sp³-hybridized carbons (Fsp3) is 0.250. The fourth-order valence-corrected chi connectivity index (χ4v) is 2.21. The number of anilines is 1. The number of benzene rings is 2. The molecular weight excluding hydrogens is 337 g/mol. The Morgan fingerprint density at radius 3 is 2.42 bits per heavy atom. The van der Waals surface area contributed by atoms with E-state index in [2.05, 4.69) is 5.32 Å². The second-order valence-corrected chi connectivity index (χ2v) is 5.87. The van der Waals surface area contributed by atoms with Crippen LogP contribution >= 0.6 is 0 Å². The topological polar surface area (TPSA) is 72.5 Å². The monoisotopic (exact) mass is 357 g/mol. The number of ketones is 1. The highest BCUT2D eigenvalue weighted by molar-refractivity contribution is 5.98. The van der Waals surface area contributed by atoms with E-state index in [-0.39, 0.29) is 24.3 Å². The molecule has 136 valence electrons. The van der Waals surface area contributed by atoms with Gasteiger partial charge in [-0.3, -0.25) is 14.4 Å². The summed E-state index contributed by atoms with van der Waals surface area (Å²) in [6, 6.07) is 12.9. The van der Waals surface area contributed by atoms with Crippen molar-refractivity contribution in [1.82, 2.24) is 0 Å². The minimum absolute atomic E-state index is 0.000356. The summed E-state index contributed by atoms with van der Waals surface area (Å²) >= 11 is 0. The molecule has 0 aliphatic carbocycles. The first-order valence-corrected chi connectivity index (χ1v) is 8.21. The molecule has 1 N–H and O–H groups in total. The smallest absolute Gasteiger partial charge is 0.307 e. The van der Waals surface area contributed by atoms with Gasteiger partial charge in [0.15, 0.2) is 11.9 Å². The molecule has 0 bridgehead atoms. The molecule has 0 spiro atoms. The number of amides is 1. The molecule has 0 fully saturated rings. The van der Waals surface area contributed by atoms with E-state index >= 15 is 0 Å². The number of ether oxygens (including phenoxy) is 1. The zero-order valence-electron chi connectivity index (χ0n) is 14.6. The van der Waals surface area contributed by atoms with Crippen molar-refractivity contribution in [2.24, 2.45) is 0 Å². The van der Waals surface area contributed by atoms with Crippen molar-refractivity contribution in [3.63, 3.8) is 0 Å². The van der Waals surface area contributed by atoms with Crippen LogP contribution in [0.4, 0.5) is 10.1 Å². The minimum atomic E-state index is -1.06. The Labute approximate surface area is 151 Å². The SMILES string of the molecule is Cc1ccc(NC(=O)[C@@H](C)OC(=O)CCC(=O)c2ccccc2)cc1F. The maximum atomic E-state index is 13.5. The summed E-state index contributed by atoms with van der Waals surface area (Å²) in [5.74, 6) is -1.83. The lowest BCUT2D eigenvalue weighted by atomic mass is 10.1. The van der Waals surface area contributed by atoms with Crippen LogP contribution in [0.1, 0.15) is 35.7 Å². The first-order chi connectivity index (χ1) is 12.4. The van der Waals surface area contributed by atoms with E-state index in [0.29, 0.717) is 11.1 Å². The average Bonchev–Trinajstić information content (AvgIpc) is 2.63. The fourth-order valence-electron chi connectivity index (χ4n) is 2.21. The van der Waals surface area contributed by atoms with Gasteiger partial charge in [-0.2, -0.15) is 0 Å². The number of esters is 1. The standard InChI is InChI=1S/C20H20FNO4/c1-13-8-9-16(12-17(13)21)22-20(25)14(2)26-19(24)11-10-18(23)15-6-4-3-5-7-15/h3-9,12,14H,10-11H2,1-2H3,(H,22,25)/t14-/m1/s1. The van der Waals surface area contributed by atoms with Crippen molar-refractivity contribution >= 4 is 23.3 Å². The summed E-state index contributed by atoms with van der Waals surface area (Å²) in [6.45, 7) is 3.03. The van der Waals surface area contributed by atoms with Crippen LogP contribution in [0.3, 0.4) is 0 Å². The predicted molar refractivity (Wildman–Crippen MR) is 95.3 cm³/mol. The normalized spacial score (nSPS) is 11.5. The summed E-state index contributed by atoms with van der Waals surface area (Å²) in [5, 5.41) is 2.48. The van der Waals surface area contributed by atoms with Gasteiger partial charge >= 0.3 is 5.97 Å². The van der Waals surface area contributed by atoms with Crippen LogP contribution in [0.15, 0.2) is 48.5 Å². The molecule has 2 rings (SSSR count). The molecule has 0 aromatic heterocycles. The van der Waals surface area contributed by atoms with Gasteiger partial charge in [-0.15, -0.1) is 0 Å². The molecule has 5 nitrogen and oxygen atoms in total. The van der Waals surface area contributed by atoms with Crippen molar-refractivity contribution < 1.29 is 23.5 Å². The molecule has 26 heavy (non-hydrogen) atoms. The van der Waals surface area contributed by atoms with Gasteiger partial charge in [-0.1, -0.05) is 36.4 Å². The van der Waals surface area contributed by atoms with Crippen molar-refractivity contribution in [3.8, 4) is 0 Å². The number of carbonyl (C=O) groups is 3. The second-order valence-electron chi connectivity index (χ2n) is 5.87. The van der Waals surface area contributed by atoms with Gasteiger partial charge in [0.05, 0.1) is 6.42 Å². The number of Topliss-reactive ketones (excluding diaryl/α,β-unsaturated/α-hetero) is 1. The van der Waals surface area contributed by atoms with Gasteiger partial charge in [-0.25, -0.2) is 4.39 Å². The Balaban J connectivity index is 1.81. The first-order valence-electron chi connectivity index (χ1n) is 8.21. The van der Waals surface area contributed by atoms with E-state index < -0.39 is 23.8 Å². The van der Waals surface area contributed by atoms with Crippen LogP contribution in [0, 0.1) is 12.7 Å². The van der Waals surface area contributed by atoms with Gasteiger partial charge in [0.2, 0.25) is 0 Å². The first kappa shape index (κ1) is 19.3. The van der Waals surface area contributed by atoms with E-state index in [1.54, 1.807) is 43.3 Å². The van der Waals surface area contributed by atoms with Crippen molar-refractivity contribution in [2.45, 2.75) is 32.8 Å². The highest BCUT2D eigenvalue weighted by Crippen LogP contribution is 2.14. The molecule has 1 amide bonds. The Morgan fingerprint density at radius 2 is 1.77 bits per heavy atom. The Bertz CT molecular complexity index is 805. The van der Waals surface area contributed by atoms with Crippen LogP contribution < -0.4 is 5.32 Å². The third-order valence-corrected chi connectivity index (χ3v) is 3.77. The van der Waals surface area contributed by atoms with Crippen LogP contribution in [-0.2, 0) is 14.3 Å². The number of nitrogens with one attached hydrogen (secondary N) is 1. The number of rotatable bonds is 7. The summed E-state index contributed by atoms with van der Waals surface area (Å²) in [6.07, 6.45) is -1.18. The van der Waals surface area contributed by atoms with Gasteiger partial charge < -0.3 is 10.1 Å². The van der Waals surface area contributed by atoms with E-state index in [1.165, 1.54) is 19.1 Å². The van der Waals surface area contributed by atoms with Gasteiger partial charge in [0.1, 0.15) is 5.82 Å². The summed E-state index contributed by atoms with van der Waals surface area (Å²) in [7, 11) is 0. The molecule has 0 saturated heterocycles. The highest BCUT2D eigenvalue weighted by Gasteiger charge is 2.19. The summed E-state index contributed by atoms with van der Waals surface area (Å²) in [4.78, 5) is 35.8. The largest absolute Gasteiger partial charge is 0.453 e. The van der Waals surface area contributed by atoms with E-state index in [9.17, 15) is 18.8 Å². The lowest BCUT2D eigenvalue weighted by Gasteiger charge is -2.13. The summed E-state index contributed by atoms with van der Waals surface area (Å²) < 4.78 is 18.5. The third kappa shape index (κ3) is 5.51. The molecular formula is C20H20FNO4. The number of carbonyl (C=O) groups excluding carboxylic acids is 3. The molecule has 6 heteroatoms. The number of hydrogen-bond acceptors (Lipinski definition) is 4. The quantitative estimate of drug-likeness (QED) is 0.606. The maximum Gasteiger partial charge on any atom is 0.307 e. The van der Waals surface area contributed by atoms with Crippen molar-refractivity contribution in [1.29, 1.82) is 0 Å². The van der Waals surface area contributed by atoms with Crippen molar-refractivity contribution in [3.05, 3.63) is 65.5 Å². The molecule has 0 unspecified atom stereocenters. The van der Waals surface area contributed by atoms with Gasteiger partial charge in [0.25, 0.3) is 5.91 Å². The van der Waals surface area contributed by atoms with Crippen LogP contribution in [0.25, 0.3) is 0 Å². The molecule has 0 aliphatic heterocycles. The zero-order chi connectivity index (χ0) is 19.1. The average molecular weight is 357 g/mol. The predicted octanol–water partition coefficient (Wildman–Crippen LogP) is 3.67. The number of hydrogen-bond donors (Lipinski definition) is 1. The molecule has 0 saturated carbocycles. The number of aryl methyl sites for hydroxylation is 1. The molecule has 0 heterocycles. The van der Waals surface area contributed by atoms with Crippen molar-refractivity contribution in [2.75, 3.05) is 5.32 Å². The molecule has 0 radical (unpaired) electrons. The van der Waals surface area contributed by atoms with Crippen LogP contribution in [0.5, 0.6) is 0 Å². The molecule has 1 atom stereocenters. The Morgan fingerprint density at radius 1 is 1.08 bits per heavy atom. The van der Waals surface area contributed by atoms with E-state index in [4.69, 9.17) is 4.74 Å². The molecule has 2 aromatic rings. The van der Waals surface area contributed by atoms with E-state index in [1.807, 2.05) is 0 Å². The minimum Gasteiger partial charge on any atom is -0.453 e. The van der Waals surface area contributed by atoms with Crippen LogP contribution in [0.2, 0.25) is 0 Å². The zero-order valence-corrected chi connectivity index (χ0v) is 14.6. The Hall–Kier alpha value is -3.02. The maximum absolute atomic E-state index is 13.5. The molecule has 2 aromatic carbocycles. The molecule has 0 aliphatic rings. The summed E-state index contributed by atoms with van der Waals surface area (Å²) in [5.41, 5.74) is 1.26. The van der Waals surface area contributed by atoms with Gasteiger partial charge in [-0.05, 0) is 31.5 Å². The van der Waals surface area contributed by atoms with E-state index in [0.717, 1.165) is 0 Å². The Kier molecular flexibility index (Phi) is 6.60. The van der Waals surface area contributed by atoms with Gasteiger partial charge in [0, 0.05) is 17.7 Å². The highest BCUT2D eigenvalue weighted by atomic mass is 19.1.